The third-order valence-electron chi connectivity index (χ3n) is 3.36. The van der Waals surface area contributed by atoms with Crippen molar-refractivity contribution in [2.75, 3.05) is 33.9 Å². The molecular weight excluding hydrogens is 254 g/mol. The summed E-state index contributed by atoms with van der Waals surface area (Å²) in [6.07, 6.45) is 3.71. The van der Waals surface area contributed by atoms with Crippen LogP contribution in [0.2, 0.25) is 0 Å². The third kappa shape index (κ3) is 4.23. The van der Waals surface area contributed by atoms with Crippen molar-refractivity contribution in [3.05, 3.63) is 23.8 Å². The molecule has 4 nitrogen and oxygen atoms in total. The van der Waals surface area contributed by atoms with Gasteiger partial charge in [0, 0.05) is 18.5 Å². The summed E-state index contributed by atoms with van der Waals surface area (Å²) in [5.41, 5.74) is 0.702. The number of nitrogens with zero attached hydrogens (tertiary/aromatic N) is 1. The summed E-state index contributed by atoms with van der Waals surface area (Å²) >= 11 is 0. The first-order valence-electron chi connectivity index (χ1n) is 7.24. The summed E-state index contributed by atoms with van der Waals surface area (Å²) in [7, 11) is 3.93. The monoisotopic (exact) mass is 277 g/mol. The molecule has 4 heteroatoms. The van der Waals surface area contributed by atoms with Crippen molar-refractivity contribution in [3.63, 3.8) is 0 Å². The molecule has 20 heavy (non-hydrogen) atoms. The largest absolute Gasteiger partial charge is 0.490 e. The molecule has 0 spiro atoms. The summed E-state index contributed by atoms with van der Waals surface area (Å²) in [6.45, 7) is 2.16. The first kappa shape index (κ1) is 14.9. The van der Waals surface area contributed by atoms with Crippen LogP contribution in [0.3, 0.4) is 0 Å². The van der Waals surface area contributed by atoms with E-state index in [1.54, 1.807) is 0 Å². The number of Topliss-reactive ketones (excluding diaryl/α,β-unsaturated/α-hetero) is 1. The molecule has 2 rings (SSSR count). The Bertz CT molecular complexity index is 457. The minimum atomic E-state index is 0.143. The van der Waals surface area contributed by atoms with Crippen molar-refractivity contribution in [1.29, 1.82) is 0 Å². The number of hydrogen-bond donors (Lipinski definition) is 0. The Morgan fingerprint density at radius 3 is 2.50 bits per heavy atom. The van der Waals surface area contributed by atoms with Crippen LogP contribution < -0.4 is 9.47 Å². The van der Waals surface area contributed by atoms with Gasteiger partial charge in [0.05, 0.1) is 13.2 Å². The Balaban J connectivity index is 2.10. The molecule has 110 valence electrons. The van der Waals surface area contributed by atoms with Crippen molar-refractivity contribution in [2.24, 2.45) is 0 Å². The van der Waals surface area contributed by atoms with Gasteiger partial charge < -0.3 is 14.4 Å². The Labute approximate surface area is 120 Å². The topological polar surface area (TPSA) is 38.8 Å². The Kier molecular flexibility index (Phi) is 5.41. The van der Waals surface area contributed by atoms with Gasteiger partial charge in [-0.05, 0) is 51.6 Å². The van der Waals surface area contributed by atoms with E-state index in [0.29, 0.717) is 30.9 Å². The fraction of sp³-hybridized carbons (Fsp3) is 0.562. The molecule has 0 aromatic heterocycles. The standard InChI is InChI=1S/C16H23NO3/c1-17(2)9-8-14(18)13-6-7-15-16(12-13)20-11-5-3-4-10-19-15/h6-7,12H,3-5,8-11H2,1-2H3. The average Bonchev–Trinajstić information content (AvgIpc) is 2.55. The lowest BCUT2D eigenvalue weighted by Crippen LogP contribution is -2.16. The predicted molar refractivity (Wildman–Crippen MR) is 78.8 cm³/mol. The third-order valence-corrected chi connectivity index (χ3v) is 3.36. The number of rotatable bonds is 4. The van der Waals surface area contributed by atoms with E-state index in [2.05, 4.69) is 0 Å². The zero-order chi connectivity index (χ0) is 14.4. The molecule has 0 radical (unpaired) electrons. The molecule has 1 aliphatic rings. The zero-order valence-corrected chi connectivity index (χ0v) is 12.4. The Morgan fingerprint density at radius 1 is 1.10 bits per heavy atom. The van der Waals surface area contributed by atoms with Crippen molar-refractivity contribution in [2.45, 2.75) is 25.7 Å². The Hall–Kier alpha value is -1.55. The molecule has 1 aliphatic heterocycles. The minimum absolute atomic E-state index is 0.143. The predicted octanol–water partition coefficient (Wildman–Crippen LogP) is 2.76. The fourth-order valence-corrected chi connectivity index (χ4v) is 2.13. The van der Waals surface area contributed by atoms with Crippen LogP contribution in [0.15, 0.2) is 18.2 Å². The van der Waals surface area contributed by atoms with Crippen LogP contribution in [0, 0.1) is 0 Å². The molecule has 0 fully saturated rings. The molecule has 0 atom stereocenters. The highest BCUT2D eigenvalue weighted by Gasteiger charge is 2.13. The van der Waals surface area contributed by atoms with E-state index >= 15 is 0 Å². The highest BCUT2D eigenvalue weighted by Crippen LogP contribution is 2.30. The van der Waals surface area contributed by atoms with Crippen LogP contribution in [0.25, 0.3) is 0 Å². The van der Waals surface area contributed by atoms with Crippen LogP contribution in [0.1, 0.15) is 36.0 Å². The van der Waals surface area contributed by atoms with Gasteiger partial charge >= 0.3 is 0 Å². The van der Waals surface area contributed by atoms with Crippen LogP contribution in [0.4, 0.5) is 0 Å². The molecule has 0 amide bonds. The van der Waals surface area contributed by atoms with Crippen molar-refractivity contribution >= 4 is 5.78 Å². The summed E-state index contributed by atoms with van der Waals surface area (Å²) < 4.78 is 11.4. The molecule has 0 N–H and O–H groups in total. The maximum absolute atomic E-state index is 12.1. The molecular formula is C16H23NO3. The number of carbonyl (C=O) groups excluding carboxylic acids is 1. The van der Waals surface area contributed by atoms with Gasteiger partial charge in [-0.1, -0.05) is 0 Å². The van der Waals surface area contributed by atoms with Gasteiger partial charge in [0.1, 0.15) is 0 Å². The molecule has 1 aromatic carbocycles. The molecule has 0 saturated carbocycles. The maximum Gasteiger partial charge on any atom is 0.164 e. The second-order valence-corrected chi connectivity index (χ2v) is 5.40. The highest BCUT2D eigenvalue weighted by molar-refractivity contribution is 5.96. The van der Waals surface area contributed by atoms with Crippen LogP contribution in [-0.2, 0) is 0 Å². The number of benzene rings is 1. The van der Waals surface area contributed by atoms with Crippen LogP contribution in [-0.4, -0.2) is 44.5 Å². The summed E-state index contributed by atoms with van der Waals surface area (Å²) in [6, 6.07) is 5.50. The number of ether oxygens (including phenoxy) is 2. The van der Waals surface area contributed by atoms with E-state index in [0.717, 1.165) is 31.6 Å². The normalized spacial score (nSPS) is 15.3. The van der Waals surface area contributed by atoms with Gasteiger partial charge in [-0.25, -0.2) is 0 Å². The van der Waals surface area contributed by atoms with E-state index in [4.69, 9.17) is 9.47 Å². The minimum Gasteiger partial charge on any atom is -0.490 e. The lowest BCUT2D eigenvalue weighted by molar-refractivity contribution is 0.0972. The second-order valence-electron chi connectivity index (χ2n) is 5.40. The van der Waals surface area contributed by atoms with E-state index in [1.165, 1.54) is 0 Å². The number of ketones is 1. The molecule has 0 saturated heterocycles. The SMILES string of the molecule is CN(C)CCC(=O)c1ccc2c(c1)OCCCCCO2. The molecule has 0 bridgehead atoms. The lowest BCUT2D eigenvalue weighted by atomic mass is 10.1. The van der Waals surface area contributed by atoms with Gasteiger partial charge in [-0.2, -0.15) is 0 Å². The van der Waals surface area contributed by atoms with Gasteiger partial charge in [0.15, 0.2) is 17.3 Å². The van der Waals surface area contributed by atoms with E-state index in [9.17, 15) is 4.79 Å². The number of carbonyl (C=O) groups is 1. The van der Waals surface area contributed by atoms with Crippen molar-refractivity contribution < 1.29 is 14.3 Å². The van der Waals surface area contributed by atoms with E-state index in [1.807, 2.05) is 37.2 Å². The Morgan fingerprint density at radius 2 is 1.80 bits per heavy atom. The second kappa shape index (κ2) is 7.29. The smallest absolute Gasteiger partial charge is 0.164 e. The van der Waals surface area contributed by atoms with Gasteiger partial charge in [-0.3, -0.25) is 4.79 Å². The summed E-state index contributed by atoms with van der Waals surface area (Å²) in [4.78, 5) is 14.1. The van der Waals surface area contributed by atoms with E-state index < -0.39 is 0 Å². The van der Waals surface area contributed by atoms with Crippen molar-refractivity contribution in [3.8, 4) is 11.5 Å². The zero-order valence-electron chi connectivity index (χ0n) is 12.4. The molecule has 1 heterocycles. The van der Waals surface area contributed by atoms with Gasteiger partial charge in [-0.15, -0.1) is 0 Å². The molecule has 1 aromatic rings. The van der Waals surface area contributed by atoms with E-state index in [-0.39, 0.29) is 5.78 Å². The maximum atomic E-state index is 12.1. The highest BCUT2D eigenvalue weighted by atomic mass is 16.5. The fourth-order valence-electron chi connectivity index (χ4n) is 2.13. The van der Waals surface area contributed by atoms with Crippen LogP contribution >= 0.6 is 0 Å². The van der Waals surface area contributed by atoms with Gasteiger partial charge in [0.2, 0.25) is 0 Å². The lowest BCUT2D eigenvalue weighted by Gasteiger charge is -2.13. The number of fused-ring (bicyclic) bond motifs is 1. The summed E-state index contributed by atoms with van der Waals surface area (Å²) in [5, 5.41) is 0. The van der Waals surface area contributed by atoms with Crippen LogP contribution in [0.5, 0.6) is 11.5 Å². The quantitative estimate of drug-likeness (QED) is 0.793. The first-order chi connectivity index (χ1) is 9.66. The van der Waals surface area contributed by atoms with Crippen molar-refractivity contribution in [1.82, 2.24) is 4.90 Å². The molecule has 0 unspecified atom stereocenters. The van der Waals surface area contributed by atoms with Gasteiger partial charge in [0.25, 0.3) is 0 Å². The summed E-state index contributed by atoms with van der Waals surface area (Å²) in [5.74, 6) is 1.59. The first-order valence-corrected chi connectivity index (χ1v) is 7.24. The molecule has 0 aliphatic carbocycles. The number of hydrogen-bond acceptors (Lipinski definition) is 4. The average molecular weight is 277 g/mol.